The number of benzene rings is 1. The number of halogens is 2. The quantitative estimate of drug-likeness (QED) is 0.884. The molecule has 0 unspecified atom stereocenters. The highest BCUT2D eigenvalue weighted by Crippen LogP contribution is 2.28. The fourth-order valence-electron chi connectivity index (χ4n) is 1.67. The van der Waals surface area contributed by atoms with E-state index >= 15 is 0 Å². The molecule has 2 rings (SSSR count). The van der Waals surface area contributed by atoms with Gasteiger partial charge in [0.15, 0.2) is 11.6 Å². The molecule has 4 nitrogen and oxygen atoms in total. The van der Waals surface area contributed by atoms with Gasteiger partial charge in [0.25, 0.3) is 5.91 Å². The van der Waals surface area contributed by atoms with Gasteiger partial charge in [0.2, 0.25) is 0 Å². The monoisotopic (exact) mass is 311 g/mol. The van der Waals surface area contributed by atoms with Gasteiger partial charge in [0.1, 0.15) is 4.88 Å². The number of esters is 1. The Bertz CT molecular complexity index is 712. The van der Waals surface area contributed by atoms with Gasteiger partial charge in [-0.15, -0.1) is 11.3 Å². The van der Waals surface area contributed by atoms with Crippen LogP contribution in [0.2, 0.25) is 0 Å². The highest BCUT2D eigenvalue weighted by Gasteiger charge is 2.19. The molecule has 2 aromatic rings. The molecule has 0 atom stereocenters. The van der Waals surface area contributed by atoms with Gasteiger partial charge in [-0.3, -0.25) is 4.79 Å². The molecule has 0 saturated heterocycles. The Kier molecular flexibility index (Phi) is 4.32. The zero-order valence-corrected chi connectivity index (χ0v) is 12.0. The number of rotatable bonds is 3. The normalized spacial score (nSPS) is 10.3. The third-order valence-electron chi connectivity index (χ3n) is 2.77. The average molecular weight is 311 g/mol. The second kappa shape index (κ2) is 6.01. The standard InChI is InChI=1S/C14H11F2NO3S/c1-7-6-21-12(14(19)20-2)11(7)17-13(18)8-3-4-9(15)10(16)5-8/h3-6H,1-2H3,(H,17,18). The van der Waals surface area contributed by atoms with Gasteiger partial charge in [-0.05, 0) is 36.1 Å². The fourth-order valence-corrected chi connectivity index (χ4v) is 2.59. The van der Waals surface area contributed by atoms with Crippen LogP contribution in [0.25, 0.3) is 0 Å². The minimum absolute atomic E-state index is 0.0460. The molecule has 0 radical (unpaired) electrons. The highest BCUT2D eigenvalue weighted by molar-refractivity contribution is 7.12. The zero-order valence-electron chi connectivity index (χ0n) is 11.2. The first-order valence-corrected chi connectivity index (χ1v) is 6.74. The Hall–Kier alpha value is -2.28. The van der Waals surface area contributed by atoms with E-state index < -0.39 is 23.5 Å². The van der Waals surface area contributed by atoms with Crippen molar-refractivity contribution in [1.29, 1.82) is 0 Å². The van der Waals surface area contributed by atoms with Crippen LogP contribution in [0.1, 0.15) is 25.6 Å². The van der Waals surface area contributed by atoms with Crippen LogP contribution in [0.15, 0.2) is 23.6 Å². The maximum absolute atomic E-state index is 13.1. The number of amides is 1. The molecule has 0 spiro atoms. The second-order valence-electron chi connectivity index (χ2n) is 4.20. The summed E-state index contributed by atoms with van der Waals surface area (Å²) in [5.74, 6) is -3.36. The van der Waals surface area contributed by atoms with Crippen LogP contribution in [0, 0.1) is 18.6 Å². The molecule has 0 bridgehead atoms. The van der Waals surface area contributed by atoms with Gasteiger partial charge in [0.05, 0.1) is 12.8 Å². The number of anilines is 1. The number of hydrogen-bond donors (Lipinski definition) is 1. The summed E-state index contributed by atoms with van der Waals surface area (Å²) < 4.78 is 30.6. The molecule has 1 aromatic heterocycles. The van der Waals surface area contributed by atoms with Crippen molar-refractivity contribution in [3.8, 4) is 0 Å². The summed E-state index contributed by atoms with van der Waals surface area (Å²) in [5.41, 5.74) is 0.938. The molecular formula is C14H11F2NO3S. The zero-order chi connectivity index (χ0) is 15.6. The minimum Gasteiger partial charge on any atom is -0.465 e. The van der Waals surface area contributed by atoms with Crippen LogP contribution in [0.4, 0.5) is 14.5 Å². The van der Waals surface area contributed by atoms with E-state index in [-0.39, 0.29) is 10.4 Å². The predicted molar refractivity (Wildman–Crippen MR) is 74.7 cm³/mol. The summed E-state index contributed by atoms with van der Waals surface area (Å²) >= 11 is 1.13. The van der Waals surface area contributed by atoms with Gasteiger partial charge in [-0.25, -0.2) is 13.6 Å². The number of methoxy groups -OCH3 is 1. The van der Waals surface area contributed by atoms with Crippen molar-refractivity contribution in [2.24, 2.45) is 0 Å². The van der Waals surface area contributed by atoms with Crippen molar-refractivity contribution in [2.45, 2.75) is 6.92 Å². The number of ether oxygens (including phenoxy) is 1. The molecule has 21 heavy (non-hydrogen) atoms. The Morgan fingerprint density at radius 3 is 2.57 bits per heavy atom. The first kappa shape index (κ1) is 15.1. The topological polar surface area (TPSA) is 55.4 Å². The second-order valence-corrected chi connectivity index (χ2v) is 5.08. The van der Waals surface area contributed by atoms with E-state index in [1.54, 1.807) is 12.3 Å². The molecular weight excluding hydrogens is 300 g/mol. The number of hydrogen-bond acceptors (Lipinski definition) is 4. The lowest BCUT2D eigenvalue weighted by Gasteiger charge is -2.07. The Morgan fingerprint density at radius 2 is 1.95 bits per heavy atom. The molecule has 0 aliphatic rings. The predicted octanol–water partition coefficient (Wildman–Crippen LogP) is 3.37. The molecule has 1 amide bonds. The van der Waals surface area contributed by atoms with Crippen LogP contribution in [0.3, 0.4) is 0 Å². The van der Waals surface area contributed by atoms with Crippen LogP contribution in [-0.2, 0) is 4.74 Å². The summed E-state index contributed by atoms with van der Waals surface area (Å²) in [6.07, 6.45) is 0. The summed E-state index contributed by atoms with van der Waals surface area (Å²) in [4.78, 5) is 23.9. The first-order valence-electron chi connectivity index (χ1n) is 5.87. The van der Waals surface area contributed by atoms with Gasteiger partial charge in [0, 0.05) is 5.56 Å². The van der Waals surface area contributed by atoms with Gasteiger partial charge in [-0.2, -0.15) is 0 Å². The molecule has 7 heteroatoms. The lowest BCUT2D eigenvalue weighted by Crippen LogP contribution is -2.15. The summed E-state index contributed by atoms with van der Waals surface area (Å²) in [5, 5.41) is 4.21. The molecule has 0 aliphatic heterocycles. The third kappa shape index (κ3) is 3.08. The molecule has 0 fully saturated rings. The number of carbonyl (C=O) groups excluding carboxylic acids is 2. The molecule has 110 valence electrons. The van der Waals surface area contributed by atoms with Crippen LogP contribution >= 0.6 is 11.3 Å². The number of carbonyl (C=O) groups is 2. The number of aryl methyl sites for hydroxylation is 1. The Balaban J connectivity index is 2.29. The van der Waals surface area contributed by atoms with Crippen molar-refractivity contribution in [3.63, 3.8) is 0 Å². The molecule has 1 N–H and O–H groups in total. The van der Waals surface area contributed by atoms with Gasteiger partial charge >= 0.3 is 5.97 Å². The van der Waals surface area contributed by atoms with Gasteiger partial charge in [-0.1, -0.05) is 0 Å². The maximum atomic E-state index is 13.1. The first-order chi connectivity index (χ1) is 9.93. The number of thiophene rings is 1. The molecule has 0 aliphatic carbocycles. The highest BCUT2D eigenvalue weighted by atomic mass is 32.1. The van der Waals surface area contributed by atoms with Crippen molar-refractivity contribution >= 4 is 28.9 Å². The molecule has 0 saturated carbocycles. The fraction of sp³-hybridized carbons (Fsp3) is 0.143. The Morgan fingerprint density at radius 1 is 1.24 bits per heavy atom. The largest absolute Gasteiger partial charge is 0.465 e. The van der Waals surface area contributed by atoms with Crippen LogP contribution < -0.4 is 5.32 Å². The molecule has 1 heterocycles. The van der Waals surface area contributed by atoms with Gasteiger partial charge < -0.3 is 10.1 Å². The lowest BCUT2D eigenvalue weighted by atomic mass is 10.2. The van der Waals surface area contributed by atoms with Crippen molar-refractivity contribution < 1.29 is 23.1 Å². The van der Waals surface area contributed by atoms with Crippen molar-refractivity contribution in [3.05, 3.63) is 51.2 Å². The van der Waals surface area contributed by atoms with E-state index in [4.69, 9.17) is 0 Å². The summed E-state index contributed by atoms with van der Waals surface area (Å²) in [6, 6.07) is 2.82. The van der Waals surface area contributed by atoms with E-state index in [0.29, 0.717) is 11.3 Å². The van der Waals surface area contributed by atoms with E-state index in [1.165, 1.54) is 7.11 Å². The molecule has 1 aromatic carbocycles. The van der Waals surface area contributed by atoms with Crippen molar-refractivity contribution in [2.75, 3.05) is 12.4 Å². The van der Waals surface area contributed by atoms with Crippen molar-refractivity contribution in [1.82, 2.24) is 0 Å². The minimum atomic E-state index is -1.11. The lowest BCUT2D eigenvalue weighted by molar-refractivity contribution is 0.0607. The van der Waals surface area contributed by atoms with E-state index in [1.807, 2.05) is 0 Å². The third-order valence-corrected chi connectivity index (χ3v) is 3.84. The van der Waals surface area contributed by atoms with E-state index in [9.17, 15) is 18.4 Å². The SMILES string of the molecule is COC(=O)c1scc(C)c1NC(=O)c1ccc(F)c(F)c1. The average Bonchev–Trinajstić information content (AvgIpc) is 2.82. The Labute approximate surface area is 123 Å². The summed E-state index contributed by atoms with van der Waals surface area (Å²) in [6.45, 7) is 1.71. The van der Waals surface area contributed by atoms with E-state index in [0.717, 1.165) is 29.5 Å². The van der Waals surface area contributed by atoms with Crippen LogP contribution in [0.5, 0.6) is 0 Å². The maximum Gasteiger partial charge on any atom is 0.350 e. The smallest absolute Gasteiger partial charge is 0.350 e. The summed E-state index contributed by atoms with van der Waals surface area (Å²) in [7, 11) is 1.23. The van der Waals surface area contributed by atoms with Crippen LogP contribution in [-0.4, -0.2) is 19.0 Å². The number of nitrogens with one attached hydrogen (secondary N) is 1. The van der Waals surface area contributed by atoms with E-state index in [2.05, 4.69) is 10.1 Å².